The van der Waals surface area contributed by atoms with Gasteiger partial charge in [-0.3, -0.25) is 9.69 Å². The molecule has 0 aromatic rings. The number of amides is 1. The Balaban J connectivity index is 2.38. The molecule has 0 aliphatic carbocycles. The lowest BCUT2D eigenvalue weighted by molar-refractivity contribution is -0.127. The van der Waals surface area contributed by atoms with Crippen molar-refractivity contribution in [3.8, 4) is 0 Å². The highest BCUT2D eigenvalue weighted by molar-refractivity contribution is 5.81. The second-order valence-electron chi connectivity index (χ2n) is 5.12. The molecule has 1 saturated heterocycles. The highest BCUT2D eigenvalue weighted by atomic mass is 16.5. The number of hydrogen-bond donors (Lipinski definition) is 2. The van der Waals surface area contributed by atoms with Gasteiger partial charge in [0.25, 0.3) is 0 Å². The van der Waals surface area contributed by atoms with Crippen LogP contribution in [-0.4, -0.2) is 62.8 Å². The fraction of sp³-hybridized carbons (Fsp3) is 0.929. The van der Waals surface area contributed by atoms with E-state index in [1.165, 1.54) is 0 Å². The van der Waals surface area contributed by atoms with E-state index in [1.807, 2.05) is 6.92 Å². The minimum absolute atomic E-state index is 0.0457. The lowest BCUT2D eigenvalue weighted by Gasteiger charge is -2.37. The molecular weight excluding hydrogens is 242 g/mol. The summed E-state index contributed by atoms with van der Waals surface area (Å²) in [7, 11) is 1.68. The molecule has 2 N–H and O–H groups in total. The molecule has 112 valence electrons. The van der Waals surface area contributed by atoms with E-state index in [0.717, 1.165) is 38.9 Å². The molecule has 1 unspecified atom stereocenters. The molecule has 1 fully saturated rings. The average molecular weight is 271 g/mol. The van der Waals surface area contributed by atoms with Crippen LogP contribution in [-0.2, 0) is 9.53 Å². The average Bonchev–Trinajstić information content (AvgIpc) is 2.45. The molecule has 1 rings (SSSR count). The maximum Gasteiger partial charge on any atom is 0.237 e. The van der Waals surface area contributed by atoms with Gasteiger partial charge >= 0.3 is 0 Å². The van der Waals surface area contributed by atoms with Gasteiger partial charge in [-0.2, -0.15) is 0 Å². The summed E-state index contributed by atoms with van der Waals surface area (Å²) in [5, 5.41) is 6.36. The monoisotopic (exact) mass is 271 g/mol. The molecule has 1 aliphatic rings. The third kappa shape index (κ3) is 5.47. The minimum atomic E-state index is -0.0457. The molecule has 5 nitrogen and oxygen atoms in total. The van der Waals surface area contributed by atoms with E-state index in [9.17, 15) is 4.79 Å². The summed E-state index contributed by atoms with van der Waals surface area (Å²) in [6.07, 6.45) is 3.14. The fourth-order valence-electron chi connectivity index (χ4n) is 2.71. The fourth-order valence-corrected chi connectivity index (χ4v) is 2.71. The van der Waals surface area contributed by atoms with Crippen LogP contribution < -0.4 is 10.6 Å². The molecular formula is C14H29N3O2. The van der Waals surface area contributed by atoms with E-state index in [0.29, 0.717) is 19.2 Å². The first kappa shape index (κ1) is 16.4. The summed E-state index contributed by atoms with van der Waals surface area (Å²) in [5.74, 6) is 0.136. The second kappa shape index (κ2) is 9.28. The van der Waals surface area contributed by atoms with Gasteiger partial charge in [0.15, 0.2) is 0 Å². The van der Waals surface area contributed by atoms with Gasteiger partial charge < -0.3 is 15.4 Å². The number of carbonyl (C=O) groups excluding carboxylic acids is 1. The van der Waals surface area contributed by atoms with Gasteiger partial charge in [0.05, 0.1) is 6.04 Å². The number of carbonyl (C=O) groups is 1. The summed E-state index contributed by atoms with van der Waals surface area (Å²) in [5.41, 5.74) is 0. The molecule has 0 radical (unpaired) electrons. The van der Waals surface area contributed by atoms with E-state index >= 15 is 0 Å². The van der Waals surface area contributed by atoms with Crippen molar-refractivity contribution in [2.75, 3.05) is 39.9 Å². The molecule has 0 aromatic heterocycles. The Bertz CT molecular complexity index is 255. The Morgan fingerprint density at radius 1 is 1.47 bits per heavy atom. The van der Waals surface area contributed by atoms with Crippen molar-refractivity contribution in [3.05, 3.63) is 0 Å². The first-order valence-electron chi connectivity index (χ1n) is 7.43. The number of ether oxygens (including phenoxy) is 1. The summed E-state index contributed by atoms with van der Waals surface area (Å²) in [6.45, 7) is 8.58. The Morgan fingerprint density at radius 2 is 2.16 bits per heavy atom. The van der Waals surface area contributed by atoms with E-state index in [-0.39, 0.29) is 11.9 Å². The summed E-state index contributed by atoms with van der Waals surface area (Å²) < 4.78 is 4.98. The summed E-state index contributed by atoms with van der Waals surface area (Å²) in [4.78, 5) is 14.5. The molecule has 0 saturated carbocycles. The van der Waals surface area contributed by atoms with Crippen molar-refractivity contribution >= 4 is 5.91 Å². The predicted molar refractivity (Wildman–Crippen MR) is 77.2 cm³/mol. The molecule has 1 heterocycles. The highest BCUT2D eigenvalue weighted by Crippen LogP contribution is 2.14. The van der Waals surface area contributed by atoms with E-state index < -0.39 is 0 Å². The van der Waals surface area contributed by atoms with Crippen molar-refractivity contribution in [2.45, 2.75) is 45.2 Å². The van der Waals surface area contributed by atoms with E-state index in [4.69, 9.17) is 4.74 Å². The lowest BCUT2D eigenvalue weighted by atomic mass is 10.0. The maximum atomic E-state index is 12.1. The zero-order chi connectivity index (χ0) is 14.1. The molecule has 0 spiro atoms. The Kier molecular flexibility index (Phi) is 8.02. The zero-order valence-corrected chi connectivity index (χ0v) is 12.6. The molecule has 19 heavy (non-hydrogen) atoms. The first-order valence-corrected chi connectivity index (χ1v) is 7.43. The van der Waals surface area contributed by atoms with Crippen molar-refractivity contribution in [3.63, 3.8) is 0 Å². The Hall–Kier alpha value is -0.650. The van der Waals surface area contributed by atoms with Gasteiger partial charge in [0.2, 0.25) is 5.91 Å². The SMILES string of the molecule is CCN(C1CCNCC1)C(C)C(=O)NCCCOC. The smallest absolute Gasteiger partial charge is 0.237 e. The zero-order valence-electron chi connectivity index (χ0n) is 12.6. The standard InChI is InChI=1S/C14H29N3O2/c1-4-17(13-6-9-15-10-7-13)12(2)14(18)16-8-5-11-19-3/h12-13,15H,4-11H2,1-3H3,(H,16,18). The topological polar surface area (TPSA) is 53.6 Å². The second-order valence-corrected chi connectivity index (χ2v) is 5.12. The van der Waals surface area contributed by atoms with Crippen molar-refractivity contribution < 1.29 is 9.53 Å². The van der Waals surface area contributed by atoms with Crippen LogP contribution in [0.5, 0.6) is 0 Å². The van der Waals surface area contributed by atoms with Crippen LogP contribution in [0.4, 0.5) is 0 Å². The van der Waals surface area contributed by atoms with Gasteiger partial charge in [-0.25, -0.2) is 0 Å². The quantitative estimate of drug-likeness (QED) is 0.635. The van der Waals surface area contributed by atoms with Crippen molar-refractivity contribution in [1.29, 1.82) is 0 Å². The molecule has 1 atom stereocenters. The van der Waals surface area contributed by atoms with Crippen LogP contribution >= 0.6 is 0 Å². The number of hydrogen-bond acceptors (Lipinski definition) is 4. The van der Waals surface area contributed by atoms with Gasteiger partial charge in [-0.15, -0.1) is 0 Å². The molecule has 0 aromatic carbocycles. The number of piperidine rings is 1. The number of likely N-dealkylation sites (N-methyl/N-ethyl adjacent to an activating group) is 1. The van der Waals surface area contributed by atoms with Gasteiger partial charge in [0, 0.05) is 26.3 Å². The largest absolute Gasteiger partial charge is 0.385 e. The van der Waals surface area contributed by atoms with Crippen LogP contribution in [0.25, 0.3) is 0 Å². The van der Waals surface area contributed by atoms with Crippen LogP contribution in [0.1, 0.15) is 33.1 Å². The first-order chi connectivity index (χ1) is 9.20. The molecule has 5 heteroatoms. The normalized spacial score (nSPS) is 18.5. The minimum Gasteiger partial charge on any atom is -0.385 e. The third-order valence-electron chi connectivity index (χ3n) is 3.84. The van der Waals surface area contributed by atoms with E-state index in [1.54, 1.807) is 7.11 Å². The van der Waals surface area contributed by atoms with Crippen molar-refractivity contribution in [2.24, 2.45) is 0 Å². The predicted octanol–water partition coefficient (Wildman–Crippen LogP) is 0.602. The van der Waals surface area contributed by atoms with Gasteiger partial charge in [-0.1, -0.05) is 6.92 Å². The molecule has 1 aliphatic heterocycles. The number of rotatable bonds is 8. The molecule has 0 bridgehead atoms. The highest BCUT2D eigenvalue weighted by Gasteiger charge is 2.27. The number of nitrogens with zero attached hydrogens (tertiary/aromatic N) is 1. The van der Waals surface area contributed by atoms with Crippen LogP contribution in [0.2, 0.25) is 0 Å². The number of nitrogens with one attached hydrogen (secondary N) is 2. The van der Waals surface area contributed by atoms with Gasteiger partial charge in [-0.05, 0) is 45.8 Å². The Morgan fingerprint density at radius 3 is 2.74 bits per heavy atom. The molecule has 1 amide bonds. The Labute approximate surface area is 117 Å². The van der Waals surface area contributed by atoms with Crippen LogP contribution in [0, 0.1) is 0 Å². The summed E-state index contributed by atoms with van der Waals surface area (Å²) >= 11 is 0. The summed E-state index contributed by atoms with van der Waals surface area (Å²) in [6, 6.07) is 0.488. The maximum absolute atomic E-state index is 12.1. The van der Waals surface area contributed by atoms with Crippen LogP contribution in [0.3, 0.4) is 0 Å². The van der Waals surface area contributed by atoms with Gasteiger partial charge in [0.1, 0.15) is 0 Å². The number of methoxy groups -OCH3 is 1. The van der Waals surface area contributed by atoms with Crippen LogP contribution in [0.15, 0.2) is 0 Å². The van der Waals surface area contributed by atoms with E-state index in [2.05, 4.69) is 22.5 Å². The third-order valence-corrected chi connectivity index (χ3v) is 3.84. The lowest BCUT2D eigenvalue weighted by Crippen LogP contribution is -2.52. The van der Waals surface area contributed by atoms with Crippen molar-refractivity contribution in [1.82, 2.24) is 15.5 Å².